The third-order valence-electron chi connectivity index (χ3n) is 15.3. The van der Waals surface area contributed by atoms with Crippen molar-refractivity contribution < 1.29 is 33.4 Å². The number of amides is 4. The first kappa shape index (κ1) is 49.9. The first-order chi connectivity index (χ1) is 34.0. The number of cyclic esters (lactones) is 1. The maximum Gasteiger partial charge on any atom is 0.324 e. The zero-order valence-corrected chi connectivity index (χ0v) is 42.5. The quantitative estimate of drug-likeness (QED) is 0.179. The van der Waals surface area contributed by atoms with Crippen molar-refractivity contribution in [1.29, 1.82) is 0 Å². The van der Waals surface area contributed by atoms with Crippen LogP contribution >= 0.6 is 0 Å². The van der Waals surface area contributed by atoms with E-state index in [0.29, 0.717) is 71.5 Å². The molecule has 15 nitrogen and oxygen atoms in total. The van der Waals surface area contributed by atoms with E-state index in [4.69, 9.17) is 14.5 Å². The molecule has 5 aliphatic rings. The lowest BCUT2D eigenvalue weighted by Crippen LogP contribution is -2.62. The number of benzene rings is 2. The van der Waals surface area contributed by atoms with Crippen molar-refractivity contribution in [3.8, 4) is 34.2 Å². The highest BCUT2D eigenvalue weighted by atomic mass is 16.5. The van der Waals surface area contributed by atoms with Crippen LogP contribution in [-0.4, -0.2) is 143 Å². The van der Waals surface area contributed by atoms with Gasteiger partial charge in [0, 0.05) is 80.8 Å². The lowest BCUT2D eigenvalue weighted by molar-refractivity contribution is -0.155. The van der Waals surface area contributed by atoms with Gasteiger partial charge in [-0.15, -0.1) is 0 Å². The number of aromatic nitrogens is 2. The highest BCUT2D eigenvalue weighted by molar-refractivity contribution is 5.98. The van der Waals surface area contributed by atoms with Crippen LogP contribution in [0.25, 0.3) is 33.3 Å². The molecule has 376 valence electrons. The second-order valence-corrected chi connectivity index (χ2v) is 21.8. The summed E-state index contributed by atoms with van der Waals surface area (Å²) in [6.07, 6.45) is 4.67. The van der Waals surface area contributed by atoms with Gasteiger partial charge in [-0.1, -0.05) is 77.8 Å². The third kappa shape index (κ3) is 10.3. The molecule has 15 heteroatoms. The van der Waals surface area contributed by atoms with Crippen molar-refractivity contribution in [3.63, 3.8) is 0 Å². The van der Waals surface area contributed by atoms with Gasteiger partial charge in [0.15, 0.2) is 0 Å². The van der Waals surface area contributed by atoms with Gasteiger partial charge in [-0.3, -0.25) is 38.9 Å². The van der Waals surface area contributed by atoms with E-state index < -0.39 is 40.8 Å². The Labute approximate surface area is 417 Å². The number of hydrogen-bond acceptors (Lipinski definition) is 10. The van der Waals surface area contributed by atoms with Gasteiger partial charge in [-0.2, -0.15) is 0 Å². The fraction of sp³-hybridized carbons (Fsp3) is 0.536. The van der Waals surface area contributed by atoms with E-state index >= 15 is 0 Å². The molecule has 1 unspecified atom stereocenters. The van der Waals surface area contributed by atoms with Crippen molar-refractivity contribution in [2.24, 2.45) is 23.8 Å². The number of rotatable bonds is 7. The molecule has 2 aromatic carbocycles. The summed E-state index contributed by atoms with van der Waals surface area (Å²) in [6.45, 7) is 17.2. The van der Waals surface area contributed by atoms with Crippen LogP contribution in [-0.2, 0) is 53.3 Å². The number of nitrogens with zero attached hydrogens (tertiary/aromatic N) is 6. The van der Waals surface area contributed by atoms with Gasteiger partial charge in [-0.25, -0.2) is 5.43 Å². The number of carbonyl (C=O) groups is 5. The van der Waals surface area contributed by atoms with Crippen LogP contribution in [0.3, 0.4) is 0 Å². The number of hydrazine groups is 1. The SMILES string of the molecule is CC(C)c1ncccc1-c1c2c3cc(ccc3n1C)-c1cccc(c1)C[C@H](NC(=O)[C@H](C(C)C)N1CCC3(CCN(C(=O)C#CCN4CCOCC4)C3)C1=O)C(=O)N1CCC[C@H](N1)C(=O)OCC(C)(C)C2. The first-order valence-corrected chi connectivity index (χ1v) is 25.6. The molecule has 5 aliphatic heterocycles. The lowest BCUT2D eigenvalue weighted by atomic mass is 9.84. The summed E-state index contributed by atoms with van der Waals surface area (Å²) in [4.78, 5) is 81.8. The summed E-state index contributed by atoms with van der Waals surface area (Å²) in [5, 5.41) is 5.69. The molecule has 0 radical (unpaired) electrons. The van der Waals surface area contributed by atoms with Crippen molar-refractivity contribution in [2.75, 3.05) is 65.6 Å². The van der Waals surface area contributed by atoms with Crippen molar-refractivity contribution in [3.05, 3.63) is 77.6 Å². The maximum atomic E-state index is 14.8. The molecular weight excluding hydrogens is 897 g/mol. The van der Waals surface area contributed by atoms with Crippen LogP contribution < -0.4 is 10.7 Å². The fourth-order valence-electron chi connectivity index (χ4n) is 11.5. The molecule has 2 N–H and O–H groups in total. The summed E-state index contributed by atoms with van der Waals surface area (Å²) in [6, 6.07) is 16.1. The Hall–Kier alpha value is -6.08. The molecule has 6 bridgehead atoms. The molecule has 1 spiro atoms. The molecular formula is C56H70N8O7. The summed E-state index contributed by atoms with van der Waals surface area (Å²) < 4.78 is 13.8. The van der Waals surface area contributed by atoms with Crippen LogP contribution in [0.2, 0.25) is 0 Å². The Bertz CT molecular complexity index is 2760. The average molecular weight is 967 g/mol. The number of nitrogens with one attached hydrogen (secondary N) is 2. The van der Waals surface area contributed by atoms with E-state index in [-0.39, 0.29) is 49.1 Å². The van der Waals surface area contributed by atoms with Crippen LogP contribution in [0.15, 0.2) is 60.8 Å². The second kappa shape index (κ2) is 20.6. The van der Waals surface area contributed by atoms with Crippen molar-refractivity contribution in [2.45, 2.75) is 104 Å². The van der Waals surface area contributed by atoms with Crippen LogP contribution in [0, 0.1) is 28.6 Å². The highest BCUT2D eigenvalue weighted by Gasteiger charge is 2.54. The van der Waals surface area contributed by atoms with Gasteiger partial charge in [0.05, 0.1) is 43.2 Å². The molecule has 9 rings (SSSR count). The van der Waals surface area contributed by atoms with Gasteiger partial charge in [0.1, 0.15) is 18.1 Å². The minimum Gasteiger partial charge on any atom is -0.464 e. The van der Waals surface area contributed by atoms with E-state index in [9.17, 15) is 24.0 Å². The minimum atomic E-state index is -1.04. The summed E-state index contributed by atoms with van der Waals surface area (Å²) in [7, 11) is 2.10. The Morgan fingerprint density at radius 1 is 0.944 bits per heavy atom. The van der Waals surface area contributed by atoms with Gasteiger partial charge in [-0.05, 0) is 96.4 Å². The summed E-state index contributed by atoms with van der Waals surface area (Å²) in [5.74, 6) is 4.02. The smallest absolute Gasteiger partial charge is 0.324 e. The van der Waals surface area contributed by atoms with E-state index in [2.05, 4.69) is 103 Å². The number of fused-ring (bicyclic) bond motifs is 6. The average Bonchev–Trinajstić information content (AvgIpc) is 4.02. The number of morpholine rings is 1. The molecule has 0 saturated carbocycles. The molecule has 4 aromatic rings. The zero-order valence-electron chi connectivity index (χ0n) is 42.5. The molecule has 0 aliphatic carbocycles. The van der Waals surface area contributed by atoms with Gasteiger partial charge >= 0.3 is 5.97 Å². The number of carbonyl (C=O) groups excluding carboxylic acids is 5. The Morgan fingerprint density at radius 3 is 2.49 bits per heavy atom. The first-order valence-electron chi connectivity index (χ1n) is 25.6. The minimum absolute atomic E-state index is 0.152. The van der Waals surface area contributed by atoms with Crippen LogP contribution in [0.1, 0.15) is 90.0 Å². The van der Waals surface area contributed by atoms with Crippen molar-refractivity contribution >= 4 is 40.5 Å². The number of likely N-dealkylation sites (tertiary alicyclic amines) is 2. The largest absolute Gasteiger partial charge is 0.464 e. The molecule has 4 fully saturated rings. The Morgan fingerprint density at radius 2 is 1.72 bits per heavy atom. The monoisotopic (exact) mass is 967 g/mol. The number of esters is 1. The molecule has 71 heavy (non-hydrogen) atoms. The predicted octanol–water partition coefficient (Wildman–Crippen LogP) is 5.49. The standard InChI is InChI=1S/C56H70N8O7/c1-36(2)48-41(14-9-21-57-48)50-43-33-55(5,6)35-71-53(68)44-15-10-23-64(59-44)52(67)45(31-38-12-8-13-39(30-38)40-17-18-46(60(50)7)42(43)32-40)58-51(66)49(37(3)4)63-25-20-56(54(63)69)19-24-62(34-56)47(65)16-11-22-61-26-28-70-29-27-61/h8-9,12-14,17-18,21,30,32,36-37,44-45,49,59H,10,15,19-20,22-29,31,33-35H2,1-7H3,(H,58,66)/t44-,45-,49-,56?/m0/s1. The summed E-state index contributed by atoms with van der Waals surface area (Å²) in [5.41, 5.74) is 10.1. The molecule has 4 atom stereocenters. The third-order valence-corrected chi connectivity index (χ3v) is 15.3. The maximum absolute atomic E-state index is 14.8. The Kier molecular flexibility index (Phi) is 14.5. The number of hydrogen-bond donors (Lipinski definition) is 2. The Balaban J connectivity index is 1.01. The number of aryl methyl sites for hydroxylation is 1. The number of pyridine rings is 1. The molecule has 4 amide bonds. The van der Waals surface area contributed by atoms with E-state index in [1.54, 1.807) is 9.80 Å². The fourth-order valence-corrected chi connectivity index (χ4v) is 11.5. The van der Waals surface area contributed by atoms with Gasteiger partial charge < -0.3 is 29.2 Å². The van der Waals surface area contributed by atoms with E-state index in [1.807, 2.05) is 38.2 Å². The molecule has 4 saturated heterocycles. The number of ether oxygens (including phenoxy) is 2. The zero-order chi connectivity index (χ0) is 50.2. The van der Waals surface area contributed by atoms with Crippen molar-refractivity contribution in [1.82, 2.24) is 40.0 Å². The van der Waals surface area contributed by atoms with Crippen LogP contribution in [0.5, 0.6) is 0 Å². The molecule has 7 heterocycles. The summed E-state index contributed by atoms with van der Waals surface area (Å²) >= 11 is 0. The second-order valence-electron chi connectivity index (χ2n) is 21.8. The van der Waals surface area contributed by atoms with E-state index in [1.165, 1.54) is 5.01 Å². The highest BCUT2D eigenvalue weighted by Crippen LogP contribution is 2.43. The normalized spacial score (nSPS) is 23.5. The van der Waals surface area contributed by atoms with Gasteiger partial charge in [0.25, 0.3) is 11.8 Å². The molecule has 2 aromatic heterocycles. The lowest BCUT2D eigenvalue weighted by Gasteiger charge is -2.37. The van der Waals surface area contributed by atoms with Gasteiger partial charge in [0.2, 0.25) is 11.8 Å². The van der Waals surface area contributed by atoms with Crippen LogP contribution in [0.4, 0.5) is 0 Å². The van der Waals surface area contributed by atoms with E-state index in [0.717, 1.165) is 63.2 Å². The topological polar surface area (TPSA) is 159 Å². The predicted molar refractivity (Wildman–Crippen MR) is 271 cm³/mol.